The highest BCUT2D eigenvalue weighted by atomic mass is 16.4. The van der Waals surface area contributed by atoms with E-state index in [2.05, 4.69) is 9.97 Å². The van der Waals surface area contributed by atoms with Gasteiger partial charge in [-0.3, -0.25) is 9.59 Å². The summed E-state index contributed by atoms with van der Waals surface area (Å²) in [4.78, 5) is 31.4. The van der Waals surface area contributed by atoms with Crippen LogP contribution in [0.2, 0.25) is 0 Å². The SMILES string of the molecule is NC(=O)c1nccnc1N(CC(=O)O)C1CC1. The van der Waals surface area contributed by atoms with Crippen LogP contribution in [0.15, 0.2) is 12.4 Å². The Morgan fingerprint density at radius 3 is 2.59 bits per heavy atom. The molecule has 1 aliphatic rings. The van der Waals surface area contributed by atoms with E-state index < -0.39 is 11.9 Å². The van der Waals surface area contributed by atoms with E-state index in [1.54, 1.807) is 4.90 Å². The zero-order chi connectivity index (χ0) is 12.4. The zero-order valence-corrected chi connectivity index (χ0v) is 9.04. The number of carboxylic acids is 1. The van der Waals surface area contributed by atoms with Crippen LogP contribution in [0.5, 0.6) is 0 Å². The summed E-state index contributed by atoms with van der Waals surface area (Å²) in [6.07, 6.45) is 4.55. The first-order valence-electron chi connectivity index (χ1n) is 5.19. The lowest BCUT2D eigenvalue weighted by atomic mass is 10.3. The number of amides is 1. The van der Waals surface area contributed by atoms with Crippen LogP contribution < -0.4 is 10.6 Å². The minimum absolute atomic E-state index is 0.0145. The van der Waals surface area contributed by atoms with E-state index in [0.29, 0.717) is 0 Å². The summed E-state index contributed by atoms with van der Waals surface area (Å²) in [5.41, 5.74) is 5.20. The monoisotopic (exact) mass is 236 g/mol. The minimum Gasteiger partial charge on any atom is -0.480 e. The molecule has 1 saturated carbocycles. The van der Waals surface area contributed by atoms with Gasteiger partial charge in [0.15, 0.2) is 11.5 Å². The van der Waals surface area contributed by atoms with Gasteiger partial charge in [0.1, 0.15) is 6.54 Å². The molecule has 3 N–H and O–H groups in total. The Balaban J connectivity index is 2.34. The van der Waals surface area contributed by atoms with Crippen molar-refractivity contribution in [1.29, 1.82) is 0 Å². The third-order valence-electron chi connectivity index (χ3n) is 2.48. The van der Waals surface area contributed by atoms with Crippen LogP contribution in [0.1, 0.15) is 23.3 Å². The predicted octanol–water partition coefficient (Wildman–Crippen LogP) is -0.371. The quantitative estimate of drug-likeness (QED) is 0.721. The summed E-state index contributed by atoms with van der Waals surface area (Å²) in [6.45, 7) is -0.205. The van der Waals surface area contributed by atoms with Gasteiger partial charge in [0.25, 0.3) is 5.91 Å². The molecule has 0 aliphatic heterocycles. The molecular weight excluding hydrogens is 224 g/mol. The van der Waals surface area contributed by atoms with Crippen LogP contribution >= 0.6 is 0 Å². The van der Waals surface area contributed by atoms with E-state index in [1.807, 2.05) is 0 Å². The van der Waals surface area contributed by atoms with Gasteiger partial charge in [0.2, 0.25) is 0 Å². The smallest absolute Gasteiger partial charge is 0.323 e. The Kier molecular flexibility index (Phi) is 2.90. The average Bonchev–Trinajstić information content (AvgIpc) is 3.09. The van der Waals surface area contributed by atoms with Gasteiger partial charge in [-0.15, -0.1) is 0 Å². The number of primary amides is 1. The molecule has 90 valence electrons. The Morgan fingerprint density at radius 2 is 2.06 bits per heavy atom. The minimum atomic E-state index is -0.974. The van der Waals surface area contributed by atoms with E-state index in [4.69, 9.17) is 10.8 Å². The highest BCUT2D eigenvalue weighted by molar-refractivity contribution is 5.96. The normalized spacial score (nSPS) is 14.4. The van der Waals surface area contributed by atoms with Crippen molar-refractivity contribution in [3.8, 4) is 0 Å². The largest absolute Gasteiger partial charge is 0.480 e. The Morgan fingerprint density at radius 1 is 1.41 bits per heavy atom. The second-order valence-corrected chi connectivity index (χ2v) is 3.85. The number of hydrogen-bond acceptors (Lipinski definition) is 5. The second-order valence-electron chi connectivity index (χ2n) is 3.85. The van der Waals surface area contributed by atoms with Crippen LogP contribution in [0.3, 0.4) is 0 Å². The summed E-state index contributed by atoms with van der Waals surface area (Å²) in [5.74, 6) is -1.42. The molecular formula is C10H12N4O3. The fourth-order valence-corrected chi connectivity index (χ4v) is 1.62. The van der Waals surface area contributed by atoms with Crippen LogP contribution in [0.25, 0.3) is 0 Å². The molecule has 1 fully saturated rings. The van der Waals surface area contributed by atoms with Crippen LogP contribution in [0, 0.1) is 0 Å². The lowest BCUT2D eigenvalue weighted by molar-refractivity contribution is -0.135. The summed E-state index contributed by atoms with van der Waals surface area (Å²) in [5, 5.41) is 8.85. The van der Waals surface area contributed by atoms with Gasteiger partial charge >= 0.3 is 5.97 Å². The summed E-state index contributed by atoms with van der Waals surface area (Å²) in [6, 6.07) is 0.112. The van der Waals surface area contributed by atoms with Crippen LogP contribution in [-0.4, -0.2) is 39.5 Å². The molecule has 1 aromatic heterocycles. The van der Waals surface area contributed by atoms with Gasteiger partial charge in [-0.1, -0.05) is 0 Å². The van der Waals surface area contributed by atoms with E-state index in [9.17, 15) is 9.59 Å². The topological polar surface area (TPSA) is 109 Å². The highest BCUT2D eigenvalue weighted by Crippen LogP contribution is 2.31. The van der Waals surface area contributed by atoms with Crippen molar-refractivity contribution in [3.05, 3.63) is 18.1 Å². The van der Waals surface area contributed by atoms with E-state index in [0.717, 1.165) is 12.8 Å². The Labute approximate surface area is 97.3 Å². The fourth-order valence-electron chi connectivity index (χ4n) is 1.62. The molecule has 1 aliphatic carbocycles. The number of nitrogens with two attached hydrogens (primary N) is 1. The van der Waals surface area contributed by atoms with Gasteiger partial charge in [-0.2, -0.15) is 0 Å². The number of hydrogen-bond donors (Lipinski definition) is 2. The third-order valence-corrected chi connectivity index (χ3v) is 2.48. The van der Waals surface area contributed by atoms with Crippen molar-refractivity contribution in [2.45, 2.75) is 18.9 Å². The number of nitrogens with zero attached hydrogens (tertiary/aromatic N) is 3. The van der Waals surface area contributed by atoms with Crippen molar-refractivity contribution < 1.29 is 14.7 Å². The fraction of sp³-hybridized carbons (Fsp3) is 0.400. The molecule has 0 spiro atoms. The molecule has 0 unspecified atom stereocenters. The maximum Gasteiger partial charge on any atom is 0.323 e. The molecule has 7 heteroatoms. The van der Waals surface area contributed by atoms with Crippen molar-refractivity contribution in [2.24, 2.45) is 5.73 Å². The lowest BCUT2D eigenvalue weighted by Crippen LogP contribution is -2.34. The molecule has 0 atom stereocenters. The first kappa shape index (κ1) is 11.3. The number of carbonyl (C=O) groups excluding carboxylic acids is 1. The van der Waals surface area contributed by atoms with Crippen molar-refractivity contribution in [1.82, 2.24) is 9.97 Å². The molecule has 17 heavy (non-hydrogen) atoms. The number of anilines is 1. The molecule has 0 aromatic carbocycles. The van der Waals surface area contributed by atoms with Crippen molar-refractivity contribution in [3.63, 3.8) is 0 Å². The van der Waals surface area contributed by atoms with Crippen molar-refractivity contribution in [2.75, 3.05) is 11.4 Å². The Bertz CT molecular complexity index is 459. The molecule has 0 radical (unpaired) electrons. The molecule has 0 bridgehead atoms. The van der Waals surface area contributed by atoms with Crippen LogP contribution in [0.4, 0.5) is 5.82 Å². The first-order valence-corrected chi connectivity index (χ1v) is 5.19. The Hall–Kier alpha value is -2.18. The lowest BCUT2D eigenvalue weighted by Gasteiger charge is -2.22. The van der Waals surface area contributed by atoms with E-state index in [1.165, 1.54) is 12.4 Å². The summed E-state index contributed by atoms with van der Waals surface area (Å²) in [7, 11) is 0. The van der Waals surface area contributed by atoms with Gasteiger partial charge < -0.3 is 15.7 Å². The molecule has 1 aromatic rings. The zero-order valence-electron chi connectivity index (χ0n) is 9.04. The van der Waals surface area contributed by atoms with Crippen molar-refractivity contribution >= 4 is 17.7 Å². The van der Waals surface area contributed by atoms with E-state index >= 15 is 0 Å². The standard InChI is InChI=1S/C10H12N4O3/c11-9(17)8-10(13-4-3-12-8)14(5-7(15)16)6-1-2-6/h3-4,6H,1-2,5H2,(H2,11,17)(H,15,16). The predicted molar refractivity (Wildman–Crippen MR) is 58.6 cm³/mol. The summed E-state index contributed by atoms with van der Waals surface area (Å²) >= 11 is 0. The number of aromatic nitrogens is 2. The number of aliphatic carboxylic acids is 1. The number of carboxylic acid groups (broad SMARTS) is 1. The molecule has 7 nitrogen and oxygen atoms in total. The third kappa shape index (κ3) is 2.49. The molecule has 0 saturated heterocycles. The van der Waals surface area contributed by atoms with E-state index in [-0.39, 0.29) is 24.1 Å². The number of carbonyl (C=O) groups is 2. The van der Waals surface area contributed by atoms with Gasteiger partial charge in [-0.25, -0.2) is 9.97 Å². The highest BCUT2D eigenvalue weighted by Gasteiger charge is 2.33. The van der Waals surface area contributed by atoms with Gasteiger partial charge in [0.05, 0.1) is 0 Å². The first-order chi connectivity index (χ1) is 8.09. The summed E-state index contributed by atoms with van der Waals surface area (Å²) < 4.78 is 0. The molecule has 1 heterocycles. The van der Waals surface area contributed by atoms with Gasteiger partial charge in [0, 0.05) is 18.4 Å². The second kappa shape index (κ2) is 4.36. The molecule has 1 amide bonds. The number of rotatable bonds is 5. The average molecular weight is 236 g/mol. The maximum absolute atomic E-state index is 11.2. The molecule has 2 rings (SSSR count). The van der Waals surface area contributed by atoms with Crippen LogP contribution in [-0.2, 0) is 4.79 Å². The maximum atomic E-state index is 11.2. The van der Waals surface area contributed by atoms with Gasteiger partial charge in [-0.05, 0) is 12.8 Å².